The molecule has 3 amide bonds. The Balaban J connectivity index is 1.66. The molecular formula is C34H38N4O10S. The lowest BCUT2D eigenvalue weighted by atomic mass is 9.92. The molecule has 1 saturated heterocycles. The van der Waals surface area contributed by atoms with E-state index >= 15 is 0 Å². The second kappa shape index (κ2) is 14.0. The Morgan fingerprint density at radius 2 is 1.67 bits per heavy atom. The number of fused-ring (bicyclic) bond motifs is 1. The Morgan fingerprint density at radius 1 is 0.959 bits per heavy atom. The number of nitrogens with zero attached hydrogens (tertiary/aromatic N) is 1. The SMILES string of the molecule is COC(=O)Nc1ccc(S(=O)(=O)C(C)C)c(C2C(C(=O)O)CCN2C(=O)[C@@H](Nc2ccc3c(c2)C(=O)NC3)c2ccc(OC)c(OC)c2)c1. The average Bonchev–Trinajstić information content (AvgIpc) is 3.70. The third kappa shape index (κ3) is 6.84. The van der Waals surface area contributed by atoms with Gasteiger partial charge in [-0.25, -0.2) is 13.2 Å². The van der Waals surface area contributed by atoms with E-state index in [2.05, 4.69) is 16.0 Å². The third-order valence-corrected chi connectivity index (χ3v) is 11.0. The number of amides is 3. The molecule has 2 heterocycles. The zero-order valence-corrected chi connectivity index (χ0v) is 28.4. The van der Waals surface area contributed by atoms with Gasteiger partial charge in [-0.2, -0.15) is 0 Å². The van der Waals surface area contributed by atoms with E-state index in [0.717, 1.165) is 5.56 Å². The van der Waals surface area contributed by atoms with Crippen LogP contribution in [0, 0.1) is 5.92 Å². The molecule has 0 bridgehead atoms. The minimum Gasteiger partial charge on any atom is -0.493 e. The van der Waals surface area contributed by atoms with Crippen molar-refractivity contribution < 1.29 is 46.9 Å². The fraction of sp³-hybridized carbons (Fsp3) is 0.353. The van der Waals surface area contributed by atoms with Gasteiger partial charge in [-0.3, -0.25) is 19.7 Å². The molecule has 2 aliphatic rings. The molecule has 1 fully saturated rings. The first kappa shape index (κ1) is 35.0. The summed E-state index contributed by atoms with van der Waals surface area (Å²) >= 11 is 0. The average molecular weight is 695 g/mol. The van der Waals surface area contributed by atoms with Crippen molar-refractivity contribution in [3.05, 3.63) is 76.9 Å². The van der Waals surface area contributed by atoms with Crippen LogP contribution in [0.5, 0.6) is 11.5 Å². The van der Waals surface area contributed by atoms with Gasteiger partial charge in [0.1, 0.15) is 6.04 Å². The highest BCUT2D eigenvalue weighted by Crippen LogP contribution is 2.44. The van der Waals surface area contributed by atoms with Crippen LogP contribution < -0.4 is 25.4 Å². The van der Waals surface area contributed by atoms with Crippen molar-refractivity contribution in [3.63, 3.8) is 0 Å². The number of hydrogen-bond donors (Lipinski definition) is 4. The fourth-order valence-electron chi connectivity index (χ4n) is 6.18. The van der Waals surface area contributed by atoms with Crippen LogP contribution in [-0.4, -0.2) is 75.4 Å². The van der Waals surface area contributed by atoms with Crippen molar-refractivity contribution in [1.29, 1.82) is 0 Å². The number of carboxylic acids is 1. The number of nitrogens with one attached hydrogen (secondary N) is 3. The standard InChI is InChI=1S/C34H38N4O10S/c1-18(2)49(44,45)28-11-9-22(37-34(43)48-5)16-25(28)30-23(33(41)42)12-13-38(30)32(40)29(19-7-10-26(46-3)27(14-19)47-4)36-21-8-6-20-17-35-31(39)24(20)15-21/h6-11,14-16,18,23,29-30,36H,12-13,17H2,1-5H3,(H,35,39)(H,37,43)(H,41,42)/t23?,29-,30?/m0/s1. The number of ether oxygens (including phenoxy) is 3. The van der Waals surface area contributed by atoms with E-state index in [1.807, 2.05) is 0 Å². The molecule has 3 atom stereocenters. The van der Waals surface area contributed by atoms with Gasteiger partial charge in [0.2, 0.25) is 5.91 Å². The molecule has 0 aromatic heterocycles. The zero-order chi connectivity index (χ0) is 35.6. The molecular weight excluding hydrogens is 656 g/mol. The van der Waals surface area contributed by atoms with Crippen molar-refractivity contribution in [2.24, 2.45) is 5.92 Å². The topological polar surface area (TPSA) is 190 Å². The smallest absolute Gasteiger partial charge is 0.411 e. The summed E-state index contributed by atoms with van der Waals surface area (Å²) in [5.74, 6) is -2.48. The van der Waals surface area contributed by atoms with E-state index in [4.69, 9.17) is 14.2 Å². The summed E-state index contributed by atoms with van der Waals surface area (Å²) in [5, 5.41) is 18.0. The Hall–Kier alpha value is -5.31. The highest BCUT2D eigenvalue weighted by atomic mass is 32.2. The number of carbonyl (C=O) groups excluding carboxylic acids is 3. The summed E-state index contributed by atoms with van der Waals surface area (Å²) in [5.41, 5.74) is 2.32. The summed E-state index contributed by atoms with van der Waals surface area (Å²) in [7, 11) is 0.0880. The maximum absolute atomic E-state index is 14.8. The molecule has 3 aromatic rings. The highest BCUT2D eigenvalue weighted by molar-refractivity contribution is 7.92. The maximum Gasteiger partial charge on any atom is 0.411 e. The van der Waals surface area contributed by atoms with Crippen LogP contribution in [0.2, 0.25) is 0 Å². The molecule has 2 unspecified atom stereocenters. The molecule has 49 heavy (non-hydrogen) atoms. The van der Waals surface area contributed by atoms with E-state index in [1.165, 1.54) is 58.3 Å². The number of carboxylic acid groups (broad SMARTS) is 1. The lowest BCUT2D eigenvalue weighted by Gasteiger charge is -2.33. The van der Waals surface area contributed by atoms with Crippen LogP contribution in [0.1, 0.15) is 59.4 Å². The monoisotopic (exact) mass is 694 g/mol. The number of sulfone groups is 1. The second-order valence-electron chi connectivity index (χ2n) is 11.9. The predicted octanol–water partition coefficient (Wildman–Crippen LogP) is 4.14. The summed E-state index contributed by atoms with van der Waals surface area (Å²) in [6.45, 7) is 3.36. The van der Waals surface area contributed by atoms with Crippen LogP contribution in [0.15, 0.2) is 59.5 Å². The van der Waals surface area contributed by atoms with E-state index in [-0.39, 0.29) is 35.0 Å². The summed E-state index contributed by atoms with van der Waals surface area (Å²) in [6.07, 6.45) is -0.792. The predicted molar refractivity (Wildman–Crippen MR) is 179 cm³/mol. The molecule has 4 N–H and O–H groups in total. The van der Waals surface area contributed by atoms with E-state index < -0.39 is 51.1 Å². The molecule has 2 aliphatic heterocycles. The van der Waals surface area contributed by atoms with Crippen LogP contribution >= 0.6 is 0 Å². The first-order valence-corrected chi connectivity index (χ1v) is 17.0. The first-order valence-electron chi connectivity index (χ1n) is 15.5. The fourth-order valence-corrected chi connectivity index (χ4v) is 7.45. The van der Waals surface area contributed by atoms with Crippen LogP contribution in [0.25, 0.3) is 0 Å². The van der Waals surface area contributed by atoms with Crippen molar-refractivity contribution in [2.75, 3.05) is 38.5 Å². The van der Waals surface area contributed by atoms with Gasteiger partial charge in [0.15, 0.2) is 21.3 Å². The molecule has 3 aromatic carbocycles. The molecule has 0 radical (unpaired) electrons. The van der Waals surface area contributed by atoms with Crippen LogP contribution in [0.3, 0.4) is 0 Å². The molecule has 0 aliphatic carbocycles. The second-order valence-corrected chi connectivity index (χ2v) is 14.4. The van der Waals surface area contributed by atoms with Gasteiger partial charge >= 0.3 is 12.1 Å². The number of carbonyl (C=O) groups is 4. The van der Waals surface area contributed by atoms with Crippen LogP contribution in [-0.2, 0) is 30.7 Å². The lowest BCUT2D eigenvalue weighted by Crippen LogP contribution is -2.40. The number of anilines is 2. The zero-order valence-electron chi connectivity index (χ0n) is 27.6. The number of rotatable bonds is 11. The van der Waals surface area contributed by atoms with E-state index in [9.17, 15) is 32.7 Å². The highest BCUT2D eigenvalue weighted by Gasteiger charge is 2.46. The molecule has 14 nitrogen and oxygen atoms in total. The number of methoxy groups -OCH3 is 3. The van der Waals surface area contributed by atoms with Gasteiger partial charge in [0, 0.05) is 30.0 Å². The van der Waals surface area contributed by atoms with E-state index in [1.54, 1.807) is 36.4 Å². The Kier molecular flexibility index (Phi) is 10.0. The first-order chi connectivity index (χ1) is 23.3. The minimum absolute atomic E-state index is 0.0195. The van der Waals surface area contributed by atoms with Crippen molar-refractivity contribution in [2.45, 2.75) is 49.0 Å². The largest absolute Gasteiger partial charge is 0.493 e. The summed E-state index contributed by atoms with van der Waals surface area (Å²) in [4.78, 5) is 53.3. The lowest BCUT2D eigenvalue weighted by molar-refractivity contribution is -0.143. The molecule has 260 valence electrons. The molecule has 0 saturated carbocycles. The quantitative estimate of drug-likeness (QED) is 0.226. The Labute approximate surface area is 283 Å². The Morgan fingerprint density at radius 3 is 2.33 bits per heavy atom. The number of hydrogen-bond acceptors (Lipinski definition) is 10. The van der Waals surface area contributed by atoms with Gasteiger partial charge in [0.05, 0.1) is 43.4 Å². The Bertz CT molecular complexity index is 1910. The summed E-state index contributed by atoms with van der Waals surface area (Å²) < 4.78 is 42.9. The normalized spacial score (nSPS) is 17.6. The maximum atomic E-state index is 14.8. The summed E-state index contributed by atoms with van der Waals surface area (Å²) in [6, 6.07) is 11.7. The van der Waals surface area contributed by atoms with Crippen molar-refractivity contribution in [1.82, 2.24) is 10.2 Å². The van der Waals surface area contributed by atoms with Gasteiger partial charge in [-0.15, -0.1) is 0 Å². The van der Waals surface area contributed by atoms with Gasteiger partial charge < -0.3 is 34.9 Å². The number of benzene rings is 3. The molecule has 15 heteroatoms. The molecule has 0 spiro atoms. The number of likely N-dealkylation sites (tertiary alicyclic amines) is 1. The van der Waals surface area contributed by atoms with Gasteiger partial charge in [0.25, 0.3) is 5.91 Å². The minimum atomic E-state index is -4.00. The number of aliphatic carboxylic acids is 1. The molecule has 5 rings (SSSR count). The van der Waals surface area contributed by atoms with Gasteiger partial charge in [-0.1, -0.05) is 12.1 Å². The van der Waals surface area contributed by atoms with Crippen LogP contribution in [0.4, 0.5) is 16.2 Å². The van der Waals surface area contributed by atoms with Gasteiger partial charge in [-0.05, 0) is 79.4 Å². The van der Waals surface area contributed by atoms with E-state index in [0.29, 0.717) is 34.9 Å². The van der Waals surface area contributed by atoms with Crippen molar-refractivity contribution >= 4 is 45.1 Å². The van der Waals surface area contributed by atoms with Crippen molar-refractivity contribution in [3.8, 4) is 11.5 Å². The third-order valence-electron chi connectivity index (χ3n) is 8.78.